The zero-order chi connectivity index (χ0) is 13.3. The topological polar surface area (TPSA) is 12.2 Å². The van der Waals surface area contributed by atoms with Crippen molar-refractivity contribution >= 4 is 10.8 Å². The first-order valence-corrected chi connectivity index (χ1v) is 6.69. The predicted octanol–water partition coefficient (Wildman–Crippen LogP) is 3.63. The third kappa shape index (κ3) is 1.30. The molecule has 2 fully saturated rings. The number of ether oxygens (including phenoxy) is 1. The van der Waals surface area contributed by atoms with Crippen molar-refractivity contribution in [2.75, 3.05) is 6.54 Å². The van der Waals surface area contributed by atoms with Crippen LogP contribution in [0.4, 0.5) is 0 Å². The minimum Gasteiger partial charge on any atom is -0.476 e. The van der Waals surface area contributed by atoms with E-state index in [0.29, 0.717) is 0 Å². The first-order valence-electron chi connectivity index (χ1n) is 6.69. The van der Waals surface area contributed by atoms with E-state index in [4.69, 9.17) is 4.74 Å². The van der Waals surface area contributed by atoms with E-state index in [1.165, 1.54) is 16.3 Å². The Labute approximate surface area is 113 Å². The molecule has 96 valence electrons. The van der Waals surface area contributed by atoms with Gasteiger partial charge in [-0.3, -0.25) is 0 Å². The molecule has 2 unspecified atom stereocenters. The summed E-state index contributed by atoms with van der Waals surface area (Å²) in [4.78, 5) is 2.37. The summed E-state index contributed by atoms with van der Waals surface area (Å²) in [7, 11) is 0. The van der Waals surface area contributed by atoms with Crippen LogP contribution in [0.2, 0.25) is 0 Å². The summed E-state index contributed by atoms with van der Waals surface area (Å²) in [5.41, 5.74) is 0.970. The van der Waals surface area contributed by atoms with Gasteiger partial charge in [0.15, 0.2) is 5.72 Å². The molecule has 0 saturated carbocycles. The summed E-state index contributed by atoms with van der Waals surface area (Å²) in [5.74, 6) is 0.882. The minimum atomic E-state index is -0.233. The molecule has 2 saturated heterocycles. The molecular weight excluding hydrogens is 234 g/mol. The van der Waals surface area contributed by atoms with Crippen molar-refractivity contribution in [3.8, 4) is 0 Å². The average Bonchev–Trinajstić information content (AvgIpc) is 3.11. The Balaban J connectivity index is 1.86. The van der Waals surface area contributed by atoms with Gasteiger partial charge in [-0.15, -0.1) is 0 Å². The molecule has 0 radical (unpaired) electrons. The van der Waals surface area contributed by atoms with E-state index < -0.39 is 0 Å². The highest BCUT2D eigenvalue weighted by Gasteiger charge is 2.68. The summed E-state index contributed by atoms with van der Waals surface area (Å²) in [6, 6.07) is 15.1. The molecule has 19 heavy (non-hydrogen) atoms. The molecule has 0 amide bonds. The SMILES string of the molecule is C=C1OC(C)(C)N2CC12c1ccc2ccccc2c1. The van der Waals surface area contributed by atoms with E-state index in [0.717, 1.165) is 12.3 Å². The van der Waals surface area contributed by atoms with Crippen LogP contribution in [0.25, 0.3) is 10.8 Å². The summed E-state index contributed by atoms with van der Waals surface area (Å²) in [6.07, 6.45) is 0. The van der Waals surface area contributed by atoms with E-state index >= 15 is 0 Å². The van der Waals surface area contributed by atoms with Gasteiger partial charge in [-0.1, -0.05) is 43.0 Å². The fraction of sp³-hybridized carbons (Fsp3) is 0.294. The van der Waals surface area contributed by atoms with Gasteiger partial charge in [0.2, 0.25) is 0 Å². The van der Waals surface area contributed by atoms with Crippen molar-refractivity contribution in [2.45, 2.75) is 25.1 Å². The predicted molar refractivity (Wildman–Crippen MR) is 76.6 cm³/mol. The van der Waals surface area contributed by atoms with Crippen LogP contribution in [-0.2, 0) is 10.3 Å². The maximum atomic E-state index is 5.91. The Morgan fingerprint density at radius 1 is 1.11 bits per heavy atom. The third-order valence-corrected chi connectivity index (χ3v) is 4.46. The molecule has 2 heterocycles. The second-order valence-corrected chi connectivity index (χ2v) is 5.98. The molecule has 0 N–H and O–H groups in total. The second-order valence-electron chi connectivity index (χ2n) is 5.98. The number of rotatable bonds is 1. The van der Waals surface area contributed by atoms with Crippen LogP contribution in [-0.4, -0.2) is 17.2 Å². The lowest BCUT2D eigenvalue weighted by molar-refractivity contribution is -0.00341. The molecule has 2 heteroatoms. The summed E-state index contributed by atoms with van der Waals surface area (Å²) >= 11 is 0. The Hall–Kier alpha value is -1.80. The fourth-order valence-corrected chi connectivity index (χ4v) is 3.38. The quantitative estimate of drug-likeness (QED) is 0.717. The van der Waals surface area contributed by atoms with E-state index in [2.05, 4.69) is 67.8 Å². The number of fused-ring (bicyclic) bond motifs is 2. The zero-order valence-corrected chi connectivity index (χ0v) is 11.3. The van der Waals surface area contributed by atoms with E-state index in [-0.39, 0.29) is 11.3 Å². The number of benzene rings is 2. The maximum Gasteiger partial charge on any atom is 0.158 e. The van der Waals surface area contributed by atoms with Crippen molar-refractivity contribution in [1.29, 1.82) is 0 Å². The van der Waals surface area contributed by atoms with Crippen LogP contribution in [0.5, 0.6) is 0 Å². The Kier molecular flexibility index (Phi) is 1.86. The first-order chi connectivity index (χ1) is 9.04. The van der Waals surface area contributed by atoms with Gasteiger partial charge in [0.05, 0.1) is 0 Å². The number of nitrogens with zero attached hydrogens (tertiary/aromatic N) is 1. The number of hydrogen-bond donors (Lipinski definition) is 0. The summed E-state index contributed by atoms with van der Waals surface area (Å²) < 4.78 is 5.91. The Morgan fingerprint density at radius 2 is 1.84 bits per heavy atom. The molecule has 2 aromatic carbocycles. The Bertz CT molecular complexity index is 703. The molecule has 4 rings (SSSR count). The molecule has 2 nitrogen and oxygen atoms in total. The van der Waals surface area contributed by atoms with E-state index in [9.17, 15) is 0 Å². The average molecular weight is 251 g/mol. The molecule has 0 aromatic heterocycles. The molecule has 2 aliphatic rings. The van der Waals surface area contributed by atoms with E-state index in [1.807, 2.05) is 0 Å². The molecule has 0 spiro atoms. The first kappa shape index (κ1) is 11.1. The van der Waals surface area contributed by atoms with Gasteiger partial charge in [-0.05, 0) is 36.2 Å². The third-order valence-electron chi connectivity index (χ3n) is 4.46. The Morgan fingerprint density at radius 3 is 2.47 bits per heavy atom. The molecule has 2 aliphatic heterocycles. The van der Waals surface area contributed by atoms with Crippen LogP contribution in [0.15, 0.2) is 54.8 Å². The van der Waals surface area contributed by atoms with Crippen molar-refractivity contribution in [2.24, 2.45) is 0 Å². The number of hydrogen-bond acceptors (Lipinski definition) is 2. The van der Waals surface area contributed by atoms with Gasteiger partial charge < -0.3 is 4.74 Å². The minimum absolute atomic E-state index is 0.0898. The van der Waals surface area contributed by atoms with Gasteiger partial charge in [0, 0.05) is 6.54 Å². The van der Waals surface area contributed by atoms with Crippen LogP contribution in [0.3, 0.4) is 0 Å². The van der Waals surface area contributed by atoms with Gasteiger partial charge in [0.1, 0.15) is 11.3 Å². The lowest BCUT2D eigenvalue weighted by atomic mass is 9.95. The van der Waals surface area contributed by atoms with Gasteiger partial charge >= 0.3 is 0 Å². The van der Waals surface area contributed by atoms with Crippen LogP contribution in [0.1, 0.15) is 19.4 Å². The molecule has 0 aliphatic carbocycles. The smallest absolute Gasteiger partial charge is 0.158 e. The van der Waals surface area contributed by atoms with Gasteiger partial charge in [0.25, 0.3) is 0 Å². The van der Waals surface area contributed by atoms with Crippen LogP contribution < -0.4 is 0 Å². The highest BCUT2D eigenvalue weighted by molar-refractivity contribution is 5.83. The fourth-order valence-electron chi connectivity index (χ4n) is 3.38. The molecule has 2 atom stereocenters. The second kappa shape index (κ2) is 3.20. The van der Waals surface area contributed by atoms with Crippen molar-refractivity contribution in [1.82, 2.24) is 4.90 Å². The van der Waals surface area contributed by atoms with Crippen LogP contribution >= 0.6 is 0 Å². The molecular formula is C17H17NO. The van der Waals surface area contributed by atoms with Crippen LogP contribution in [0, 0.1) is 0 Å². The monoisotopic (exact) mass is 251 g/mol. The maximum absolute atomic E-state index is 5.91. The van der Waals surface area contributed by atoms with Crippen molar-refractivity contribution in [3.05, 3.63) is 60.4 Å². The van der Waals surface area contributed by atoms with E-state index in [1.54, 1.807) is 0 Å². The highest BCUT2D eigenvalue weighted by atomic mass is 16.5. The van der Waals surface area contributed by atoms with Crippen molar-refractivity contribution in [3.63, 3.8) is 0 Å². The summed E-state index contributed by atoms with van der Waals surface area (Å²) in [6.45, 7) is 9.36. The van der Waals surface area contributed by atoms with Gasteiger partial charge in [-0.2, -0.15) is 0 Å². The molecule has 0 bridgehead atoms. The lowest BCUT2D eigenvalue weighted by Gasteiger charge is -2.21. The zero-order valence-electron chi connectivity index (χ0n) is 11.3. The largest absolute Gasteiger partial charge is 0.476 e. The van der Waals surface area contributed by atoms with Crippen molar-refractivity contribution < 1.29 is 4.74 Å². The normalized spacial score (nSPS) is 31.1. The molecule has 2 aromatic rings. The highest BCUT2D eigenvalue weighted by Crippen LogP contribution is 2.59. The lowest BCUT2D eigenvalue weighted by Crippen LogP contribution is -2.29. The summed E-state index contributed by atoms with van der Waals surface area (Å²) in [5, 5.41) is 2.55. The van der Waals surface area contributed by atoms with Gasteiger partial charge in [-0.25, -0.2) is 4.90 Å². The standard InChI is InChI=1S/C17H17NO/c1-12-17(11-18(17)16(2,3)19-12)15-9-8-13-6-4-5-7-14(13)10-15/h4-10H,1,11H2,2-3H3.